The third-order valence-corrected chi connectivity index (χ3v) is 4.12. The summed E-state index contributed by atoms with van der Waals surface area (Å²) in [5.41, 5.74) is 0.934. The molecule has 1 N–H and O–H groups in total. The van der Waals surface area contributed by atoms with Crippen molar-refractivity contribution in [2.24, 2.45) is 11.8 Å². The number of hydrogen-bond acceptors (Lipinski definition) is 2. The van der Waals surface area contributed by atoms with Gasteiger partial charge in [0.15, 0.2) is 0 Å². The fourth-order valence-electron chi connectivity index (χ4n) is 3.08. The van der Waals surface area contributed by atoms with Crippen molar-refractivity contribution in [1.29, 1.82) is 0 Å². The van der Waals surface area contributed by atoms with Gasteiger partial charge < -0.3 is 5.11 Å². The minimum Gasteiger partial charge on any atom is -0.508 e. The van der Waals surface area contributed by atoms with Crippen LogP contribution in [-0.2, 0) is 0 Å². The van der Waals surface area contributed by atoms with Crippen LogP contribution < -0.4 is 0 Å². The van der Waals surface area contributed by atoms with Crippen molar-refractivity contribution >= 4 is 11.6 Å². The molecule has 0 bridgehead atoms. The lowest BCUT2D eigenvalue weighted by Gasteiger charge is -2.39. The van der Waals surface area contributed by atoms with E-state index in [0.29, 0.717) is 10.8 Å². The van der Waals surface area contributed by atoms with E-state index in [2.05, 4.69) is 25.7 Å². The molecule has 0 spiro atoms. The first-order valence-electron chi connectivity index (χ1n) is 6.69. The Bertz CT molecular complexity index is 411. The van der Waals surface area contributed by atoms with E-state index in [-0.39, 0.29) is 6.04 Å². The number of hydrogen-bond donors (Lipinski definition) is 1. The Morgan fingerprint density at radius 2 is 1.89 bits per heavy atom. The van der Waals surface area contributed by atoms with Crippen LogP contribution in [0.15, 0.2) is 18.2 Å². The summed E-state index contributed by atoms with van der Waals surface area (Å²) in [6.07, 6.45) is 1.30. The Morgan fingerprint density at radius 1 is 1.28 bits per heavy atom. The SMILES string of the molecule is CC1CC(C)CN(C(C)c2cc(Cl)ccc2O)C1. The van der Waals surface area contributed by atoms with E-state index in [1.54, 1.807) is 12.1 Å². The molecule has 1 aliphatic heterocycles. The minimum atomic E-state index is 0.217. The summed E-state index contributed by atoms with van der Waals surface area (Å²) in [6.45, 7) is 8.94. The van der Waals surface area contributed by atoms with Gasteiger partial charge in [-0.1, -0.05) is 25.4 Å². The molecule has 1 fully saturated rings. The second-order valence-corrected chi connectivity index (χ2v) is 6.22. The Morgan fingerprint density at radius 3 is 2.50 bits per heavy atom. The molecular formula is C15H22ClNO. The molecule has 2 nitrogen and oxygen atoms in total. The summed E-state index contributed by atoms with van der Waals surface area (Å²) in [6, 6.07) is 5.51. The van der Waals surface area contributed by atoms with Crippen LogP contribution in [0.4, 0.5) is 0 Å². The zero-order valence-electron chi connectivity index (χ0n) is 11.4. The predicted octanol–water partition coefficient (Wildman–Crippen LogP) is 4.08. The second kappa shape index (κ2) is 5.50. The number of benzene rings is 1. The average Bonchev–Trinajstić information content (AvgIpc) is 2.30. The van der Waals surface area contributed by atoms with Crippen LogP contribution in [0.1, 0.15) is 38.8 Å². The number of likely N-dealkylation sites (tertiary alicyclic amines) is 1. The first-order valence-corrected chi connectivity index (χ1v) is 7.07. The summed E-state index contributed by atoms with van der Waals surface area (Å²) >= 11 is 6.03. The van der Waals surface area contributed by atoms with Gasteiger partial charge in [-0.15, -0.1) is 0 Å². The molecule has 3 heteroatoms. The first kappa shape index (κ1) is 13.7. The molecule has 3 atom stereocenters. The monoisotopic (exact) mass is 267 g/mol. The van der Waals surface area contributed by atoms with Crippen molar-refractivity contribution in [2.45, 2.75) is 33.2 Å². The molecule has 0 aromatic heterocycles. The standard InChI is InChI=1S/C15H22ClNO/c1-10-6-11(2)9-17(8-10)12(3)14-7-13(16)4-5-15(14)18/h4-5,7,10-12,18H,6,8-9H2,1-3H3. The maximum absolute atomic E-state index is 9.98. The Kier molecular flexibility index (Phi) is 4.18. The third kappa shape index (κ3) is 2.99. The fraction of sp³-hybridized carbons (Fsp3) is 0.600. The van der Waals surface area contributed by atoms with E-state index in [1.165, 1.54) is 6.42 Å². The van der Waals surface area contributed by atoms with E-state index in [9.17, 15) is 5.11 Å². The van der Waals surface area contributed by atoms with E-state index < -0.39 is 0 Å². The molecule has 0 amide bonds. The fourth-order valence-corrected chi connectivity index (χ4v) is 3.26. The van der Waals surface area contributed by atoms with Crippen LogP contribution in [0, 0.1) is 11.8 Å². The largest absolute Gasteiger partial charge is 0.508 e. The molecule has 18 heavy (non-hydrogen) atoms. The van der Waals surface area contributed by atoms with Crippen LogP contribution in [0.5, 0.6) is 5.75 Å². The van der Waals surface area contributed by atoms with Crippen LogP contribution in [0.25, 0.3) is 0 Å². The highest BCUT2D eigenvalue weighted by molar-refractivity contribution is 6.30. The smallest absolute Gasteiger partial charge is 0.120 e. The average molecular weight is 268 g/mol. The van der Waals surface area contributed by atoms with Gasteiger partial charge in [-0.25, -0.2) is 0 Å². The van der Waals surface area contributed by atoms with Gasteiger partial charge in [-0.3, -0.25) is 4.90 Å². The van der Waals surface area contributed by atoms with Crippen molar-refractivity contribution in [3.05, 3.63) is 28.8 Å². The molecule has 2 rings (SSSR count). The lowest BCUT2D eigenvalue weighted by molar-refractivity contribution is 0.102. The van der Waals surface area contributed by atoms with Gasteiger partial charge in [-0.2, -0.15) is 0 Å². The zero-order chi connectivity index (χ0) is 13.3. The molecule has 0 saturated carbocycles. The number of piperidine rings is 1. The van der Waals surface area contributed by atoms with Gasteiger partial charge in [0.1, 0.15) is 5.75 Å². The zero-order valence-corrected chi connectivity index (χ0v) is 12.1. The lowest BCUT2D eigenvalue weighted by Crippen LogP contribution is -2.40. The molecule has 0 aliphatic carbocycles. The van der Waals surface area contributed by atoms with E-state index in [1.807, 2.05) is 6.07 Å². The van der Waals surface area contributed by atoms with Gasteiger partial charge in [0.05, 0.1) is 0 Å². The van der Waals surface area contributed by atoms with E-state index >= 15 is 0 Å². The summed E-state index contributed by atoms with van der Waals surface area (Å²) in [7, 11) is 0. The Balaban J connectivity index is 2.19. The highest BCUT2D eigenvalue weighted by atomic mass is 35.5. The van der Waals surface area contributed by atoms with Crippen molar-refractivity contribution < 1.29 is 5.11 Å². The van der Waals surface area contributed by atoms with Crippen molar-refractivity contribution in [1.82, 2.24) is 4.90 Å². The van der Waals surface area contributed by atoms with E-state index in [4.69, 9.17) is 11.6 Å². The van der Waals surface area contributed by atoms with Gasteiger partial charge in [0.25, 0.3) is 0 Å². The molecule has 0 radical (unpaired) electrons. The number of rotatable bonds is 2. The van der Waals surface area contributed by atoms with Gasteiger partial charge >= 0.3 is 0 Å². The minimum absolute atomic E-state index is 0.217. The molecule has 1 aromatic rings. The van der Waals surface area contributed by atoms with Gasteiger partial charge in [0.2, 0.25) is 0 Å². The van der Waals surface area contributed by atoms with Crippen molar-refractivity contribution in [2.75, 3.05) is 13.1 Å². The Labute approximate surface area is 115 Å². The van der Waals surface area contributed by atoms with Crippen molar-refractivity contribution in [3.8, 4) is 5.75 Å². The van der Waals surface area contributed by atoms with Crippen LogP contribution >= 0.6 is 11.6 Å². The second-order valence-electron chi connectivity index (χ2n) is 5.78. The number of aromatic hydroxyl groups is 1. The normalized spacial score (nSPS) is 27.1. The summed E-state index contributed by atoms with van der Waals surface area (Å²) in [5, 5.41) is 10.7. The topological polar surface area (TPSA) is 23.5 Å². The van der Waals surface area contributed by atoms with Crippen LogP contribution in [-0.4, -0.2) is 23.1 Å². The lowest BCUT2D eigenvalue weighted by atomic mass is 9.90. The molecule has 1 heterocycles. The van der Waals surface area contributed by atoms with E-state index in [0.717, 1.165) is 30.5 Å². The number of nitrogens with zero attached hydrogens (tertiary/aromatic N) is 1. The Hall–Kier alpha value is -0.730. The quantitative estimate of drug-likeness (QED) is 0.873. The predicted molar refractivity (Wildman–Crippen MR) is 76.0 cm³/mol. The van der Waals surface area contributed by atoms with Gasteiger partial charge in [0, 0.05) is 29.7 Å². The molecular weight excluding hydrogens is 246 g/mol. The maximum Gasteiger partial charge on any atom is 0.120 e. The van der Waals surface area contributed by atoms with Crippen LogP contribution in [0.3, 0.4) is 0 Å². The highest BCUT2D eigenvalue weighted by Crippen LogP contribution is 2.34. The molecule has 3 unspecified atom stereocenters. The number of phenolic OH excluding ortho intramolecular Hbond substituents is 1. The summed E-state index contributed by atoms with van der Waals surface area (Å²) in [4.78, 5) is 2.45. The molecule has 100 valence electrons. The van der Waals surface area contributed by atoms with Gasteiger partial charge in [-0.05, 0) is 43.4 Å². The molecule has 1 aliphatic rings. The third-order valence-electron chi connectivity index (χ3n) is 3.88. The van der Waals surface area contributed by atoms with Crippen LogP contribution in [0.2, 0.25) is 5.02 Å². The first-order chi connectivity index (χ1) is 8.47. The number of halogens is 1. The summed E-state index contributed by atoms with van der Waals surface area (Å²) < 4.78 is 0. The molecule has 1 saturated heterocycles. The number of phenols is 1. The summed E-state index contributed by atoms with van der Waals surface area (Å²) in [5.74, 6) is 1.79. The highest BCUT2D eigenvalue weighted by Gasteiger charge is 2.27. The maximum atomic E-state index is 9.98. The van der Waals surface area contributed by atoms with Crippen molar-refractivity contribution in [3.63, 3.8) is 0 Å². The molecule has 1 aromatic carbocycles.